The Labute approximate surface area is 161 Å². The molecule has 3 rings (SSSR count). The molecule has 2 heterocycles. The van der Waals surface area contributed by atoms with Gasteiger partial charge < -0.3 is 9.15 Å². The molecular formula is C18H19ClN4O2S. The molecule has 0 saturated carbocycles. The van der Waals surface area contributed by atoms with Crippen LogP contribution in [0, 0.1) is 13.8 Å². The number of halogens is 1. The third kappa shape index (κ3) is 4.28. The minimum Gasteiger partial charge on any atom is -0.484 e. The van der Waals surface area contributed by atoms with Crippen molar-refractivity contribution in [2.24, 2.45) is 5.10 Å². The lowest BCUT2D eigenvalue weighted by molar-refractivity contribution is 0.268. The Kier molecular flexibility index (Phi) is 6.00. The molecule has 0 fully saturated rings. The molecule has 1 aromatic carbocycles. The molecule has 26 heavy (non-hydrogen) atoms. The number of aryl methyl sites for hydroxylation is 2. The number of para-hydroxylation sites is 1. The Morgan fingerprint density at radius 3 is 2.88 bits per heavy atom. The van der Waals surface area contributed by atoms with E-state index in [2.05, 4.69) is 22.2 Å². The number of furan rings is 1. The number of benzene rings is 1. The van der Waals surface area contributed by atoms with Crippen LogP contribution >= 0.6 is 23.4 Å². The highest BCUT2D eigenvalue weighted by Gasteiger charge is 2.09. The molecule has 0 aliphatic rings. The Balaban J connectivity index is 1.68. The zero-order valence-corrected chi connectivity index (χ0v) is 16.3. The van der Waals surface area contributed by atoms with E-state index in [-0.39, 0.29) is 0 Å². The van der Waals surface area contributed by atoms with Crippen LogP contribution in [0.3, 0.4) is 0 Å². The van der Waals surface area contributed by atoms with Gasteiger partial charge in [0.25, 0.3) is 0 Å². The first kappa shape index (κ1) is 18.5. The molecule has 0 aliphatic heterocycles. The predicted octanol–water partition coefficient (Wildman–Crippen LogP) is 4.71. The van der Waals surface area contributed by atoms with Crippen LogP contribution in [-0.4, -0.2) is 26.8 Å². The number of hydrogen-bond acceptors (Lipinski definition) is 6. The Hall–Kier alpha value is -2.25. The van der Waals surface area contributed by atoms with E-state index in [0.717, 1.165) is 22.3 Å². The molecule has 6 nitrogen and oxygen atoms in total. The van der Waals surface area contributed by atoms with Gasteiger partial charge in [-0.25, -0.2) is 0 Å². The largest absolute Gasteiger partial charge is 0.484 e. The number of nitrogens with zero attached hydrogens (tertiary/aromatic N) is 4. The minimum atomic E-state index is 0.293. The number of aromatic nitrogens is 3. The van der Waals surface area contributed by atoms with Gasteiger partial charge in [-0.3, -0.25) is 0 Å². The second-order valence-corrected chi connectivity index (χ2v) is 7.14. The second-order valence-electron chi connectivity index (χ2n) is 5.50. The number of hydrogen-bond donors (Lipinski definition) is 0. The summed E-state index contributed by atoms with van der Waals surface area (Å²) >= 11 is 7.75. The quantitative estimate of drug-likeness (QED) is 0.431. The SMILES string of the molecule is CCSc1nnc(C)n1/N=C/c1ccc(COc2c(C)cccc2Cl)o1. The second kappa shape index (κ2) is 8.42. The van der Waals surface area contributed by atoms with E-state index in [1.54, 1.807) is 28.7 Å². The zero-order valence-electron chi connectivity index (χ0n) is 14.8. The topological polar surface area (TPSA) is 65.4 Å². The standard InChI is InChI=1S/C18H19ClN4O2S/c1-4-26-18-22-21-13(3)23(18)20-10-14-8-9-15(25-14)11-24-17-12(2)6-5-7-16(17)19/h5-10H,4,11H2,1-3H3/b20-10+. The molecule has 2 aromatic heterocycles. The van der Waals surface area contributed by atoms with Gasteiger partial charge in [-0.05, 0) is 43.4 Å². The van der Waals surface area contributed by atoms with Crippen molar-refractivity contribution in [1.82, 2.24) is 14.9 Å². The summed E-state index contributed by atoms with van der Waals surface area (Å²) < 4.78 is 13.2. The summed E-state index contributed by atoms with van der Waals surface area (Å²) in [5.41, 5.74) is 0.981. The van der Waals surface area contributed by atoms with E-state index >= 15 is 0 Å². The van der Waals surface area contributed by atoms with Crippen molar-refractivity contribution in [1.29, 1.82) is 0 Å². The van der Waals surface area contributed by atoms with Gasteiger partial charge in [-0.15, -0.1) is 10.2 Å². The van der Waals surface area contributed by atoms with Gasteiger partial charge in [0.05, 0.1) is 11.2 Å². The zero-order chi connectivity index (χ0) is 18.5. The van der Waals surface area contributed by atoms with Gasteiger partial charge in [-0.2, -0.15) is 9.78 Å². The lowest BCUT2D eigenvalue weighted by Gasteiger charge is -2.09. The molecule has 8 heteroatoms. The summed E-state index contributed by atoms with van der Waals surface area (Å²) in [6.07, 6.45) is 1.64. The highest BCUT2D eigenvalue weighted by atomic mass is 35.5. The Morgan fingerprint density at radius 2 is 2.12 bits per heavy atom. The molecule has 0 spiro atoms. The molecule has 0 atom stereocenters. The fourth-order valence-corrected chi connectivity index (χ4v) is 3.22. The van der Waals surface area contributed by atoms with Crippen LogP contribution in [0.15, 0.2) is 45.0 Å². The van der Waals surface area contributed by atoms with E-state index in [9.17, 15) is 0 Å². The first-order chi connectivity index (χ1) is 12.6. The fraction of sp³-hybridized carbons (Fsp3) is 0.278. The third-order valence-electron chi connectivity index (χ3n) is 3.55. The van der Waals surface area contributed by atoms with Crippen LogP contribution in [0.4, 0.5) is 0 Å². The molecule has 0 unspecified atom stereocenters. The Bertz CT molecular complexity index is 900. The molecule has 0 amide bonds. The van der Waals surface area contributed by atoms with Crippen LogP contribution in [0.5, 0.6) is 5.75 Å². The highest BCUT2D eigenvalue weighted by molar-refractivity contribution is 7.99. The van der Waals surface area contributed by atoms with Crippen molar-refractivity contribution >= 4 is 29.6 Å². The monoisotopic (exact) mass is 390 g/mol. The van der Waals surface area contributed by atoms with E-state index < -0.39 is 0 Å². The maximum atomic E-state index is 6.17. The normalized spacial score (nSPS) is 11.4. The smallest absolute Gasteiger partial charge is 0.212 e. The van der Waals surface area contributed by atoms with Crippen molar-refractivity contribution < 1.29 is 9.15 Å². The summed E-state index contributed by atoms with van der Waals surface area (Å²) in [7, 11) is 0. The van der Waals surface area contributed by atoms with Gasteiger partial charge in [-0.1, -0.05) is 42.4 Å². The van der Waals surface area contributed by atoms with Crippen molar-refractivity contribution in [3.63, 3.8) is 0 Å². The van der Waals surface area contributed by atoms with Crippen molar-refractivity contribution in [3.8, 4) is 5.75 Å². The molecule has 0 aliphatic carbocycles. The van der Waals surface area contributed by atoms with Crippen molar-refractivity contribution in [2.45, 2.75) is 32.5 Å². The van der Waals surface area contributed by atoms with E-state index in [0.29, 0.717) is 28.9 Å². The minimum absolute atomic E-state index is 0.293. The summed E-state index contributed by atoms with van der Waals surface area (Å²) in [6, 6.07) is 9.35. The predicted molar refractivity (Wildman–Crippen MR) is 103 cm³/mol. The molecule has 0 bridgehead atoms. The molecule has 0 radical (unpaired) electrons. The number of ether oxygens (including phenoxy) is 1. The lowest BCUT2D eigenvalue weighted by Crippen LogP contribution is -1.97. The van der Waals surface area contributed by atoms with Gasteiger partial charge >= 0.3 is 0 Å². The molecule has 136 valence electrons. The van der Waals surface area contributed by atoms with Crippen LogP contribution in [-0.2, 0) is 6.61 Å². The van der Waals surface area contributed by atoms with Gasteiger partial charge in [0.2, 0.25) is 5.16 Å². The number of thioether (sulfide) groups is 1. The van der Waals surface area contributed by atoms with Crippen LogP contribution in [0.25, 0.3) is 0 Å². The van der Waals surface area contributed by atoms with Crippen molar-refractivity contribution in [3.05, 3.63) is 58.3 Å². The lowest BCUT2D eigenvalue weighted by atomic mass is 10.2. The van der Waals surface area contributed by atoms with E-state index in [4.69, 9.17) is 20.8 Å². The summed E-state index contributed by atoms with van der Waals surface area (Å²) in [6.45, 7) is 6.16. The van der Waals surface area contributed by atoms with Crippen LogP contribution in [0.1, 0.15) is 29.8 Å². The summed E-state index contributed by atoms with van der Waals surface area (Å²) in [4.78, 5) is 0. The third-order valence-corrected chi connectivity index (χ3v) is 4.65. The molecule has 0 saturated heterocycles. The van der Waals surface area contributed by atoms with Gasteiger partial charge in [0.1, 0.15) is 23.9 Å². The average molecular weight is 391 g/mol. The Morgan fingerprint density at radius 1 is 1.27 bits per heavy atom. The van der Waals surface area contributed by atoms with Crippen LogP contribution < -0.4 is 4.74 Å². The van der Waals surface area contributed by atoms with Crippen LogP contribution in [0.2, 0.25) is 5.02 Å². The summed E-state index contributed by atoms with van der Waals surface area (Å²) in [5, 5.41) is 13.9. The molecule has 3 aromatic rings. The maximum absolute atomic E-state index is 6.17. The first-order valence-corrected chi connectivity index (χ1v) is 9.50. The van der Waals surface area contributed by atoms with E-state index in [1.807, 2.05) is 38.1 Å². The number of rotatable bonds is 7. The highest BCUT2D eigenvalue weighted by Crippen LogP contribution is 2.28. The summed E-state index contributed by atoms with van der Waals surface area (Å²) in [5.74, 6) is 3.61. The first-order valence-electron chi connectivity index (χ1n) is 8.14. The average Bonchev–Trinajstić information content (AvgIpc) is 3.20. The molecular weight excluding hydrogens is 372 g/mol. The molecule has 0 N–H and O–H groups in total. The van der Waals surface area contributed by atoms with Gasteiger partial charge in [0.15, 0.2) is 5.82 Å². The fourth-order valence-electron chi connectivity index (χ4n) is 2.29. The van der Waals surface area contributed by atoms with E-state index in [1.165, 1.54) is 0 Å². The maximum Gasteiger partial charge on any atom is 0.212 e. The van der Waals surface area contributed by atoms with Gasteiger partial charge in [0, 0.05) is 0 Å². The van der Waals surface area contributed by atoms with Crippen molar-refractivity contribution in [2.75, 3.05) is 5.75 Å².